The van der Waals surface area contributed by atoms with Crippen molar-refractivity contribution in [1.82, 2.24) is 5.32 Å². The fraction of sp³-hybridized carbons (Fsp3) is 0.333. The molecule has 0 saturated carbocycles. The SMILES string of the molecule is C#CCNC1CCc2c(SCCc3cccc(C)c3)cccc21. The van der Waals surface area contributed by atoms with Gasteiger partial charge in [0, 0.05) is 16.7 Å². The number of terminal acetylenes is 1. The maximum atomic E-state index is 5.37. The third-order valence-corrected chi connectivity index (χ3v) is 5.51. The zero-order chi connectivity index (χ0) is 16.1. The van der Waals surface area contributed by atoms with Gasteiger partial charge in [-0.05, 0) is 48.9 Å². The van der Waals surface area contributed by atoms with Crippen molar-refractivity contribution in [2.45, 2.75) is 37.1 Å². The van der Waals surface area contributed by atoms with E-state index < -0.39 is 0 Å². The summed E-state index contributed by atoms with van der Waals surface area (Å²) in [6.07, 6.45) is 8.81. The molecule has 0 heterocycles. The van der Waals surface area contributed by atoms with E-state index in [0.717, 1.165) is 25.0 Å². The largest absolute Gasteiger partial charge is 0.299 e. The fourth-order valence-corrected chi connectivity index (χ4v) is 4.42. The molecule has 0 aliphatic heterocycles. The molecule has 2 aromatic carbocycles. The van der Waals surface area contributed by atoms with Crippen LogP contribution in [0.15, 0.2) is 47.4 Å². The molecule has 1 unspecified atom stereocenters. The Hall–Kier alpha value is -1.69. The molecular weight excluding hydrogens is 298 g/mol. The molecule has 3 rings (SSSR count). The number of nitrogens with one attached hydrogen (secondary N) is 1. The van der Waals surface area contributed by atoms with E-state index in [1.807, 2.05) is 11.8 Å². The summed E-state index contributed by atoms with van der Waals surface area (Å²) in [5, 5.41) is 3.46. The number of thioether (sulfide) groups is 1. The molecule has 1 aliphatic carbocycles. The molecule has 0 radical (unpaired) electrons. The van der Waals surface area contributed by atoms with Crippen LogP contribution in [0.4, 0.5) is 0 Å². The van der Waals surface area contributed by atoms with E-state index in [0.29, 0.717) is 12.6 Å². The van der Waals surface area contributed by atoms with Crippen molar-refractivity contribution in [2.75, 3.05) is 12.3 Å². The lowest BCUT2D eigenvalue weighted by molar-refractivity contribution is 0.568. The van der Waals surface area contributed by atoms with Gasteiger partial charge < -0.3 is 0 Å². The zero-order valence-corrected chi connectivity index (χ0v) is 14.5. The standard InChI is InChI=1S/C21H23NS/c1-3-13-22-20-11-10-19-18(20)8-5-9-21(19)23-14-12-17-7-4-6-16(2)15-17/h1,4-9,15,20,22H,10-14H2,2H3. The maximum absolute atomic E-state index is 5.37. The van der Waals surface area contributed by atoms with E-state index in [4.69, 9.17) is 6.42 Å². The van der Waals surface area contributed by atoms with Gasteiger partial charge in [0.05, 0.1) is 6.54 Å². The Labute approximate surface area is 143 Å². The van der Waals surface area contributed by atoms with Crippen molar-refractivity contribution >= 4 is 11.8 Å². The summed E-state index contributed by atoms with van der Waals surface area (Å²) in [7, 11) is 0. The highest BCUT2D eigenvalue weighted by Gasteiger charge is 2.23. The maximum Gasteiger partial charge on any atom is 0.0578 e. The zero-order valence-electron chi connectivity index (χ0n) is 13.6. The summed E-state index contributed by atoms with van der Waals surface area (Å²) >= 11 is 1.98. The van der Waals surface area contributed by atoms with Crippen LogP contribution in [0.3, 0.4) is 0 Å². The van der Waals surface area contributed by atoms with Crippen molar-refractivity contribution in [1.29, 1.82) is 0 Å². The lowest BCUT2D eigenvalue weighted by Crippen LogP contribution is -2.19. The first-order valence-electron chi connectivity index (χ1n) is 8.25. The number of rotatable bonds is 6. The molecule has 1 atom stereocenters. The van der Waals surface area contributed by atoms with Gasteiger partial charge in [-0.25, -0.2) is 0 Å². The second-order valence-electron chi connectivity index (χ2n) is 6.09. The second-order valence-corrected chi connectivity index (χ2v) is 7.22. The first kappa shape index (κ1) is 16.2. The van der Waals surface area contributed by atoms with Gasteiger partial charge in [0.2, 0.25) is 0 Å². The Morgan fingerprint density at radius 2 is 2.13 bits per heavy atom. The highest BCUT2D eigenvalue weighted by Crippen LogP contribution is 2.37. The third kappa shape index (κ3) is 3.99. The summed E-state index contributed by atoms with van der Waals surface area (Å²) in [5.74, 6) is 3.81. The third-order valence-electron chi connectivity index (χ3n) is 4.41. The van der Waals surface area contributed by atoms with E-state index in [9.17, 15) is 0 Å². The Bertz CT molecular complexity index is 714. The molecule has 0 amide bonds. The smallest absolute Gasteiger partial charge is 0.0578 e. The molecule has 2 heteroatoms. The lowest BCUT2D eigenvalue weighted by atomic mass is 10.1. The Kier molecular flexibility index (Phi) is 5.43. The Morgan fingerprint density at radius 3 is 2.96 bits per heavy atom. The van der Waals surface area contributed by atoms with Crippen molar-refractivity contribution in [2.24, 2.45) is 0 Å². The van der Waals surface area contributed by atoms with E-state index in [-0.39, 0.29) is 0 Å². The van der Waals surface area contributed by atoms with E-state index in [2.05, 4.69) is 60.6 Å². The molecule has 0 spiro atoms. The van der Waals surface area contributed by atoms with Crippen LogP contribution in [0.5, 0.6) is 0 Å². The summed E-state index contributed by atoms with van der Waals surface area (Å²) in [4.78, 5) is 1.44. The van der Waals surface area contributed by atoms with Gasteiger partial charge in [-0.3, -0.25) is 5.32 Å². The summed E-state index contributed by atoms with van der Waals surface area (Å²) in [6.45, 7) is 2.80. The fourth-order valence-electron chi connectivity index (χ4n) is 3.30. The molecule has 23 heavy (non-hydrogen) atoms. The van der Waals surface area contributed by atoms with Crippen LogP contribution in [0.2, 0.25) is 0 Å². The highest BCUT2D eigenvalue weighted by atomic mass is 32.2. The average molecular weight is 321 g/mol. The summed E-state index contributed by atoms with van der Waals surface area (Å²) < 4.78 is 0. The van der Waals surface area contributed by atoms with Crippen LogP contribution in [0.25, 0.3) is 0 Å². The van der Waals surface area contributed by atoms with Crippen LogP contribution in [0, 0.1) is 19.3 Å². The molecule has 1 N–H and O–H groups in total. The van der Waals surface area contributed by atoms with Crippen molar-refractivity contribution in [3.05, 3.63) is 64.7 Å². The number of aryl methyl sites for hydroxylation is 2. The van der Waals surface area contributed by atoms with Gasteiger partial charge in [-0.1, -0.05) is 47.9 Å². The predicted molar refractivity (Wildman–Crippen MR) is 99.9 cm³/mol. The number of hydrogen-bond acceptors (Lipinski definition) is 2. The molecule has 0 aromatic heterocycles. The number of hydrogen-bond donors (Lipinski definition) is 1. The van der Waals surface area contributed by atoms with E-state index in [1.165, 1.54) is 27.1 Å². The second kappa shape index (κ2) is 7.73. The van der Waals surface area contributed by atoms with Crippen LogP contribution in [0.1, 0.15) is 34.7 Å². The van der Waals surface area contributed by atoms with Gasteiger partial charge in [0.1, 0.15) is 0 Å². The molecule has 0 fully saturated rings. The van der Waals surface area contributed by atoms with Gasteiger partial charge in [-0.2, -0.15) is 0 Å². The highest BCUT2D eigenvalue weighted by molar-refractivity contribution is 7.99. The van der Waals surface area contributed by atoms with Crippen molar-refractivity contribution < 1.29 is 0 Å². The minimum absolute atomic E-state index is 0.429. The Morgan fingerprint density at radius 1 is 1.26 bits per heavy atom. The number of benzene rings is 2. The molecule has 0 bridgehead atoms. The van der Waals surface area contributed by atoms with Crippen molar-refractivity contribution in [3.63, 3.8) is 0 Å². The molecular formula is C21H23NS. The van der Waals surface area contributed by atoms with Crippen molar-refractivity contribution in [3.8, 4) is 12.3 Å². The van der Waals surface area contributed by atoms with E-state index in [1.54, 1.807) is 0 Å². The first-order valence-corrected chi connectivity index (χ1v) is 9.23. The molecule has 2 aromatic rings. The van der Waals surface area contributed by atoms with Crippen LogP contribution >= 0.6 is 11.8 Å². The van der Waals surface area contributed by atoms with Crippen LogP contribution in [-0.2, 0) is 12.8 Å². The van der Waals surface area contributed by atoms with Crippen LogP contribution < -0.4 is 5.32 Å². The quantitative estimate of drug-likeness (QED) is 0.619. The van der Waals surface area contributed by atoms with Gasteiger partial charge >= 0.3 is 0 Å². The normalized spacial score (nSPS) is 16.1. The average Bonchev–Trinajstić information content (AvgIpc) is 2.97. The summed E-state index contributed by atoms with van der Waals surface area (Å²) in [5.41, 5.74) is 5.74. The first-order chi connectivity index (χ1) is 11.3. The summed E-state index contributed by atoms with van der Waals surface area (Å²) in [6, 6.07) is 16.0. The minimum Gasteiger partial charge on any atom is -0.299 e. The van der Waals surface area contributed by atoms with Crippen LogP contribution in [-0.4, -0.2) is 12.3 Å². The Balaban J connectivity index is 1.63. The molecule has 1 aliphatic rings. The predicted octanol–water partition coefficient (Wildman–Crippen LogP) is 4.54. The van der Waals surface area contributed by atoms with Gasteiger partial charge in [0.15, 0.2) is 0 Å². The van der Waals surface area contributed by atoms with Gasteiger partial charge in [-0.15, -0.1) is 18.2 Å². The molecule has 0 saturated heterocycles. The van der Waals surface area contributed by atoms with Gasteiger partial charge in [0.25, 0.3) is 0 Å². The monoisotopic (exact) mass is 321 g/mol. The molecule has 118 valence electrons. The number of fused-ring (bicyclic) bond motifs is 1. The lowest BCUT2D eigenvalue weighted by Gasteiger charge is -2.13. The minimum atomic E-state index is 0.429. The topological polar surface area (TPSA) is 12.0 Å². The molecule has 1 nitrogen and oxygen atoms in total. The van der Waals surface area contributed by atoms with E-state index >= 15 is 0 Å².